The standard InChI is InChI=1S/C13H13N3/c14-6-9-1-2-10(5-11(9)16)13(8-15)7-12(13)3-4-12/h1-2,5-6,14H,3-4,7,16H2. The van der Waals surface area contributed by atoms with Gasteiger partial charge in [-0.3, -0.25) is 0 Å². The van der Waals surface area contributed by atoms with E-state index >= 15 is 0 Å². The van der Waals surface area contributed by atoms with Gasteiger partial charge in [-0.2, -0.15) is 5.26 Å². The molecule has 3 heteroatoms. The Kier molecular flexibility index (Phi) is 1.56. The van der Waals surface area contributed by atoms with Crippen LogP contribution in [-0.4, -0.2) is 6.21 Å². The van der Waals surface area contributed by atoms with Crippen LogP contribution in [0.3, 0.4) is 0 Å². The summed E-state index contributed by atoms with van der Waals surface area (Å²) < 4.78 is 0. The second-order valence-corrected chi connectivity index (χ2v) is 4.96. The molecule has 2 fully saturated rings. The number of nitrogen functional groups attached to an aromatic ring is 1. The van der Waals surface area contributed by atoms with Gasteiger partial charge in [0, 0.05) is 17.5 Å². The van der Waals surface area contributed by atoms with Crippen molar-refractivity contribution < 1.29 is 0 Å². The molecule has 1 spiro atoms. The van der Waals surface area contributed by atoms with E-state index < -0.39 is 0 Å². The number of hydrogen-bond acceptors (Lipinski definition) is 3. The number of benzene rings is 1. The summed E-state index contributed by atoms with van der Waals surface area (Å²) in [5.74, 6) is 0. The Morgan fingerprint density at radius 1 is 1.44 bits per heavy atom. The quantitative estimate of drug-likeness (QED) is 0.581. The molecule has 1 unspecified atom stereocenters. The van der Waals surface area contributed by atoms with E-state index in [0.717, 1.165) is 17.5 Å². The maximum atomic E-state index is 9.37. The molecule has 3 N–H and O–H groups in total. The van der Waals surface area contributed by atoms with Crippen molar-refractivity contribution in [2.24, 2.45) is 5.41 Å². The van der Waals surface area contributed by atoms with E-state index in [2.05, 4.69) is 6.07 Å². The maximum absolute atomic E-state index is 9.37. The van der Waals surface area contributed by atoms with Crippen molar-refractivity contribution in [1.29, 1.82) is 10.7 Å². The van der Waals surface area contributed by atoms with Crippen LogP contribution in [0.4, 0.5) is 5.69 Å². The smallest absolute Gasteiger partial charge is 0.0885 e. The molecule has 2 aliphatic rings. The number of hydrogen-bond donors (Lipinski definition) is 2. The molecular formula is C13H13N3. The topological polar surface area (TPSA) is 73.7 Å². The van der Waals surface area contributed by atoms with Gasteiger partial charge in [-0.25, -0.2) is 0 Å². The molecule has 0 bridgehead atoms. The monoisotopic (exact) mass is 211 g/mol. The van der Waals surface area contributed by atoms with Crippen molar-refractivity contribution in [3.63, 3.8) is 0 Å². The molecule has 2 aliphatic carbocycles. The van der Waals surface area contributed by atoms with Crippen LogP contribution in [0, 0.1) is 22.2 Å². The number of rotatable bonds is 2. The third kappa shape index (κ3) is 0.943. The number of nitriles is 1. The first-order valence-corrected chi connectivity index (χ1v) is 5.49. The molecule has 3 nitrogen and oxygen atoms in total. The van der Waals surface area contributed by atoms with Crippen molar-refractivity contribution in [2.45, 2.75) is 24.7 Å². The number of anilines is 1. The summed E-state index contributed by atoms with van der Waals surface area (Å²) >= 11 is 0. The van der Waals surface area contributed by atoms with Gasteiger partial charge in [0.1, 0.15) is 0 Å². The van der Waals surface area contributed by atoms with Crippen LogP contribution in [0.25, 0.3) is 0 Å². The SMILES string of the molecule is N#CC1(c2ccc(C=N)c(N)c2)CC12CC2. The molecule has 1 aromatic carbocycles. The van der Waals surface area contributed by atoms with Gasteiger partial charge in [0.15, 0.2) is 0 Å². The van der Waals surface area contributed by atoms with E-state index in [1.807, 2.05) is 18.2 Å². The lowest BCUT2D eigenvalue weighted by molar-refractivity contribution is 0.738. The number of nitrogens with one attached hydrogen (secondary N) is 1. The van der Waals surface area contributed by atoms with Crippen LogP contribution in [0.5, 0.6) is 0 Å². The molecule has 80 valence electrons. The Balaban J connectivity index is 2.05. The Morgan fingerprint density at radius 2 is 2.19 bits per heavy atom. The Hall–Kier alpha value is -1.82. The predicted octanol–water partition coefficient (Wildman–Crippen LogP) is 2.21. The summed E-state index contributed by atoms with van der Waals surface area (Å²) in [4.78, 5) is 0. The minimum Gasteiger partial charge on any atom is -0.398 e. The van der Waals surface area contributed by atoms with Crippen LogP contribution >= 0.6 is 0 Å². The van der Waals surface area contributed by atoms with Crippen LogP contribution in [0.1, 0.15) is 30.4 Å². The lowest BCUT2D eigenvalue weighted by Crippen LogP contribution is -2.08. The summed E-state index contributed by atoms with van der Waals surface area (Å²) in [6, 6.07) is 8.14. The fourth-order valence-corrected chi connectivity index (χ4v) is 2.82. The second kappa shape index (κ2) is 2.65. The Bertz CT molecular complexity index is 522. The van der Waals surface area contributed by atoms with E-state index in [1.54, 1.807) is 0 Å². The molecule has 16 heavy (non-hydrogen) atoms. The van der Waals surface area contributed by atoms with Crippen molar-refractivity contribution in [2.75, 3.05) is 5.73 Å². The van der Waals surface area contributed by atoms with Crippen molar-refractivity contribution in [3.8, 4) is 6.07 Å². The van der Waals surface area contributed by atoms with Crippen LogP contribution in [0.15, 0.2) is 18.2 Å². The van der Waals surface area contributed by atoms with Gasteiger partial charge in [0.05, 0.1) is 11.5 Å². The van der Waals surface area contributed by atoms with Gasteiger partial charge < -0.3 is 11.1 Å². The van der Waals surface area contributed by atoms with E-state index in [1.165, 1.54) is 19.1 Å². The fourth-order valence-electron chi connectivity index (χ4n) is 2.82. The van der Waals surface area contributed by atoms with Gasteiger partial charge >= 0.3 is 0 Å². The summed E-state index contributed by atoms with van der Waals surface area (Å²) in [6.07, 6.45) is 4.58. The molecule has 0 saturated heterocycles. The van der Waals surface area contributed by atoms with Crippen LogP contribution in [0.2, 0.25) is 0 Å². The summed E-state index contributed by atoms with van der Waals surface area (Å²) in [5, 5.41) is 16.6. The van der Waals surface area contributed by atoms with Gasteiger partial charge in [0.2, 0.25) is 0 Å². The highest BCUT2D eigenvalue weighted by Crippen LogP contribution is 2.78. The van der Waals surface area contributed by atoms with Crippen molar-refractivity contribution in [3.05, 3.63) is 29.3 Å². The molecule has 0 aromatic heterocycles. The molecule has 3 rings (SSSR count). The van der Waals surface area contributed by atoms with Crippen molar-refractivity contribution in [1.82, 2.24) is 0 Å². The van der Waals surface area contributed by atoms with E-state index in [4.69, 9.17) is 11.1 Å². The molecule has 0 heterocycles. The molecule has 0 amide bonds. The first-order valence-electron chi connectivity index (χ1n) is 5.49. The van der Waals surface area contributed by atoms with Crippen molar-refractivity contribution >= 4 is 11.9 Å². The molecule has 1 aromatic rings. The lowest BCUT2D eigenvalue weighted by Gasteiger charge is -2.10. The van der Waals surface area contributed by atoms with Gasteiger partial charge in [0.25, 0.3) is 0 Å². The zero-order chi connectivity index (χ0) is 11.4. The highest BCUT2D eigenvalue weighted by Gasteiger charge is 2.75. The van der Waals surface area contributed by atoms with Crippen LogP contribution < -0.4 is 5.73 Å². The van der Waals surface area contributed by atoms with E-state index in [0.29, 0.717) is 5.69 Å². The zero-order valence-corrected chi connectivity index (χ0v) is 8.96. The highest BCUT2D eigenvalue weighted by atomic mass is 14.8. The summed E-state index contributed by atoms with van der Waals surface area (Å²) in [6.45, 7) is 0. The third-order valence-electron chi connectivity index (χ3n) is 4.16. The molecular weight excluding hydrogens is 198 g/mol. The number of nitrogens with two attached hydrogens (primary N) is 1. The Labute approximate surface area is 94.4 Å². The fraction of sp³-hybridized carbons (Fsp3) is 0.385. The van der Waals surface area contributed by atoms with E-state index in [9.17, 15) is 5.26 Å². The zero-order valence-electron chi connectivity index (χ0n) is 8.96. The first-order chi connectivity index (χ1) is 7.67. The van der Waals surface area contributed by atoms with Gasteiger partial charge in [-0.15, -0.1) is 0 Å². The predicted molar refractivity (Wildman–Crippen MR) is 62.3 cm³/mol. The average molecular weight is 211 g/mol. The van der Waals surface area contributed by atoms with Crippen LogP contribution in [-0.2, 0) is 5.41 Å². The largest absolute Gasteiger partial charge is 0.398 e. The Morgan fingerprint density at radius 3 is 2.62 bits per heavy atom. The van der Waals surface area contributed by atoms with E-state index in [-0.39, 0.29) is 10.8 Å². The van der Waals surface area contributed by atoms with Gasteiger partial charge in [-0.05, 0) is 36.3 Å². The first kappa shape index (κ1) is 9.41. The highest BCUT2D eigenvalue weighted by molar-refractivity contribution is 5.85. The third-order valence-corrected chi connectivity index (χ3v) is 4.16. The van der Waals surface area contributed by atoms with Gasteiger partial charge in [-0.1, -0.05) is 12.1 Å². The average Bonchev–Trinajstić information content (AvgIpc) is 3.19. The second-order valence-electron chi connectivity index (χ2n) is 4.96. The number of nitrogens with zero attached hydrogens (tertiary/aromatic N) is 1. The molecule has 2 saturated carbocycles. The minimum atomic E-state index is -0.276. The summed E-state index contributed by atoms with van der Waals surface area (Å²) in [7, 11) is 0. The molecule has 0 radical (unpaired) electrons. The lowest BCUT2D eigenvalue weighted by atomic mass is 9.92. The maximum Gasteiger partial charge on any atom is 0.0885 e. The molecule has 0 aliphatic heterocycles. The summed E-state index contributed by atoms with van der Waals surface area (Å²) in [5.41, 5.74) is 8.23. The minimum absolute atomic E-state index is 0.276. The molecule has 1 atom stereocenters. The normalized spacial score (nSPS) is 28.4.